The fourth-order valence-corrected chi connectivity index (χ4v) is 5.32. The van der Waals surface area contributed by atoms with E-state index in [0.29, 0.717) is 43.5 Å². The number of rotatable bonds is 16. The molecule has 1 unspecified atom stereocenters. The molecule has 0 fully saturated rings. The summed E-state index contributed by atoms with van der Waals surface area (Å²) < 4.78 is 0. The van der Waals surface area contributed by atoms with Crippen molar-refractivity contribution in [3.63, 3.8) is 0 Å². The Bertz CT molecular complexity index is 1470. The van der Waals surface area contributed by atoms with E-state index < -0.39 is 0 Å². The summed E-state index contributed by atoms with van der Waals surface area (Å²) in [7, 11) is 3.74. The van der Waals surface area contributed by atoms with Crippen LogP contribution in [0.25, 0.3) is 0 Å². The highest BCUT2D eigenvalue weighted by Gasteiger charge is 2.33. The zero-order valence-corrected chi connectivity index (χ0v) is 30.7. The molecule has 1 heterocycles. The van der Waals surface area contributed by atoms with Gasteiger partial charge in [-0.25, -0.2) is 0 Å². The molecule has 0 saturated carbocycles. The van der Waals surface area contributed by atoms with Crippen LogP contribution in [0.5, 0.6) is 0 Å². The van der Waals surface area contributed by atoms with Crippen LogP contribution >= 0.6 is 0 Å². The number of benzene rings is 2. The van der Waals surface area contributed by atoms with E-state index in [1.54, 1.807) is 26.1 Å². The van der Waals surface area contributed by atoms with E-state index in [1.165, 1.54) is 11.8 Å². The Balaban J connectivity index is 0.00000155. The van der Waals surface area contributed by atoms with Gasteiger partial charge in [0.05, 0.1) is 6.04 Å². The smallest absolute Gasteiger partial charge is 0.254 e. The van der Waals surface area contributed by atoms with Crippen molar-refractivity contribution < 1.29 is 14.4 Å². The molecule has 2 aromatic carbocycles. The van der Waals surface area contributed by atoms with Gasteiger partial charge in [-0.1, -0.05) is 76.8 Å². The number of amides is 3. The number of anilines is 1. The summed E-state index contributed by atoms with van der Waals surface area (Å²) in [6, 6.07) is 14.1. The molecule has 4 N–H and O–H groups in total. The Hall–Kier alpha value is -4.50. The third-order valence-corrected chi connectivity index (χ3v) is 8.46. The summed E-state index contributed by atoms with van der Waals surface area (Å²) >= 11 is 0. The van der Waals surface area contributed by atoms with Gasteiger partial charge in [-0.05, 0) is 73.2 Å². The highest BCUT2D eigenvalue weighted by Crippen LogP contribution is 2.36. The first-order chi connectivity index (χ1) is 23.2. The van der Waals surface area contributed by atoms with Gasteiger partial charge in [-0.3, -0.25) is 14.4 Å². The van der Waals surface area contributed by atoms with Crippen LogP contribution in [0.1, 0.15) is 93.4 Å². The molecule has 3 rings (SSSR count). The van der Waals surface area contributed by atoms with Crippen molar-refractivity contribution in [3.8, 4) is 0 Å². The lowest BCUT2D eigenvalue weighted by atomic mass is 9.84. The first-order valence-corrected chi connectivity index (χ1v) is 17.2. The lowest BCUT2D eigenvalue weighted by Crippen LogP contribution is -2.41. The van der Waals surface area contributed by atoms with Gasteiger partial charge in [0, 0.05) is 69.1 Å². The topological polar surface area (TPSA) is 118 Å². The van der Waals surface area contributed by atoms with Crippen molar-refractivity contribution in [1.82, 2.24) is 20.4 Å². The monoisotopic (exact) mass is 670 g/mol. The molecule has 1 aliphatic heterocycles. The first-order valence-electron chi connectivity index (χ1n) is 17.2. The summed E-state index contributed by atoms with van der Waals surface area (Å²) in [4.78, 5) is 42.5. The fourth-order valence-electron chi connectivity index (χ4n) is 5.32. The zero-order chi connectivity index (χ0) is 36.6. The Labute approximate surface area is 294 Å². The van der Waals surface area contributed by atoms with Crippen LogP contribution in [0, 0.1) is 5.41 Å². The van der Waals surface area contributed by atoms with Crippen molar-refractivity contribution in [2.75, 3.05) is 45.6 Å². The van der Waals surface area contributed by atoms with Crippen LogP contribution in [-0.4, -0.2) is 74.0 Å². The maximum absolute atomic E-state index is 14.2. The molecule has 0 aromatic heterocycles. The third-order valence-electron chi connectivity index (χ3n) is 8.46. The van der Waals surface area contributed by atoms with Crippen LogP contribution in [0.4, 0.5) is 5.69 Å². The summed E-state index contributed by atoms with van der Waals surface area (Å²) in [5.74, 6) is -0.210. The van der Waals surface area contributed by atoms with Gasteiger partial charge in [0.1, 0.15) is 0 Å². The maximum atomic E-state index is 14.2. The Kier molecular flexibility index (Phi) is 16.7. The van der Waals surface area contributed by atoms with Gasteiger partial charge in [0.15, 0.2) is 0 Å². The molecular formula is C40H58N6O3. The second-order valence-corrected chi connectivity index (χ2v) is 13.5. The second-order valence-electron chi connectivity index (χ2n) is 13.5. The molecule has 0 radical (unpaired) electrons. The summed E-state index contributed by atoms with van der Waals surface area (Å²) in [6.45, 7) is 20.7. The number of likely N-dealkylation sites (N-methyl/N-ethyl adjacent to an activating group) is 1. The van der Waals surface area contributed by atoms with Gasteiger partial charge in [0.25, 0.3) is 5.91 Å². The number of hydrogen-bond donors (Lipinski definition) is 4. The van der Waals surface area contributed by atoms with Crippen molar-refractivity contribution in [3.05, 3.63) is 101 Å². The summed E-state index contributed by atoms with van der Waals surface area (Å²) in [6.07, 6.45) is 7.43. The predicted octanol–water partition coefficient (Wildman–Crippen LogP) is 6.79. The van der Waals surface area contributed by atoms with Crippen LogP contribution in [0.15, 0.2) is 79.0 Å². The van der Waals surface area contributed by atoms with Gasteiger partial charge >= 0.3 is 0 Å². The fraction of sp³-hybridized carbons (Fsp3) is 0.450. The molecule has 2 aromatic rings. The first kappa shape index (κ1) is 40.7. The minimum atomic E-state index is -0.164. The van der Waals surface area contributed by atoms with Gasteiger partial charge < -0.3 is 31.2 Å². The molecular weight excluding hydrogens is 612 g/mol. The Morgan fingerprint density at radius 1 is 1.10 bits per heavy atom. The zero-order valence-electron chi connectivity index (χ0n) is 30.7. The minimum Gasteiger partial charge on any atom is -0.387 e. The number of carbonyl (C=O) groups excluding carboxylic acids is 3. The third kappa shape index (κ3) is 13.5. The van der Waals surface area contributed by atoms with Gasteiger partial charge in [0.2, 0.25) is 11.8 Å². The number of nitrogens with one attached hydrogen (secondary N) is 4. The SMILES string of the molecule is C=C(C)C=N.C=CCC(=O)Nc1ccc2c(c1)C(=O)N(CC/C(=C\CCC(=O)NC)NCCN(C)CC)C(c1ccc(C(C)(C)C)cc1)C2. The lowest BCUT2D eigenvalue weighted by molar-refractivity contribution is -0.120. The number of allylic oxidation sites excluding steroid dienone is 2. The van der Waals surface area contributed by atoms with E-state index in [0.717, 1.165) is 42.0 Å². The molecule has 1 atom stereocenters. The van der Waals surface area contributed by atoms with Crippen LogP contribution in [0.2, 0.25) is 0 Å². The molecule has 266 valence electrons. The highest BCUT2D eigenvalue weighted by atomic mass is 16.2. The lowest BCUT2D eigenvalue weighted by Gasteiger charge is -2.38. The molecule has 0 spiro atoms. The number of hydrogen-bond acceptors (Lipinski definition) is 6. The maximum Gasteiger partial charge on any atom is 0.254 e. The number of carbonyl (C=O) groups is 3. The number of nitrogens with zero attached hydrogens (tertiary/aromatic N) is 2. The Morgan fingerprint density at radius 3 is 2.35 bits per heavy atom. The quantitative estimate of drug-likeness (QED) is 0.116. The predicted molar refractivity (Wildman–Crippen MR) is 203 cm³/mol. The summed E-state index contributed by atoms with van der Waals surface area (Å²) in [5.41, 5.74) is 6.40. The second kappa shape index (κ2) is 20.1. The normalized spacial score (nSPS) is 14.3. The van der Waals surface area contributed by atoms with Crippen molar-refractivity contribution in [2.24, 2.45) is 0 Å². The number of fused-ring (bicyclic) bond motifs is 1. The molecule has 0 saturated heterocycles. The van der Waals surface area contributed by atoms with Gasteiger partial charge in [-0.2, -0.15) is 0 Å². The standard InChI is InChI=1S/C36H51N5O3.C4H7N/c1-8-11-34(43)39-30-19-16-27-24-32(26-14-17-28(18-15-26)36(3,4)5)41(35(44)31(27)25-30)22-20-29(12-10-13-33(42)37-6)38-21-23-40(7)9-2;1-4(2)3-5/h8,12,14-19,25,32,38H,1,9-11,13,20-24H2,2-7H3,(H,37,42)(H,39,43);3,5H,1H2,2H3/b29-12+;. The molecule has 3 amide bonds. The van der Waals surface area contributed by atoms with Gasteiger partial charge in [-0.15, -0.1) is 6.58 Å². The molecule has 1 aliphatic rings. The van der Waals surface area contributed by atoms with Crippen LogP contribution < -0.4 is 16.0 Å². The molecule has 49 heavy (non-hydrogen) atoms. The molecule has 9 nitrogen and oxygen atoms in total. The molecule has 0 aliphatic carbocycles. The highest BCUT2D eigenvalue weighted by molar-refractivity contribution is 5.99. The van der Waals surface area contributed by atoms with E-state index >= 15 is 0 Å². The van der Waals surface area contributed by atoms with E-state index in [-0.39, 0.29) is 35.6 Å². The average Bonchev–Trinajstić information content (AvgIpc) is 3.07. The van der Waals surface area contributed by atoms with Crippen LogP contribution in [-0.2, 0) is 21.4 Å². The molecule has 9 heteroatoms. The van der Waals surface area contributed by atoms with Crippen molar-refractivity contribution in [1.29, 1.82) is 5.41 Å². The minimum absolute atomic E-state index is 0.00360. The Morgan fingerprint density at radius 2 is 1.78 bits per heavy atom. The van der Waals surface area contributed by atoms with Crippen LogP contribution in [0.3, 0.4) is 0 Å². The van der Waals surface area contributed by atoms with E-state index in [1.807, 2.05) is 17.0 Å². The van der Waals surface area contributed by atoms with Crippen molar-refractivity contribution >= 4 is 29.6 Å². The largest absolute Gasteiger partial charge is 0.387 e. The van der Waals surface area contributed by atoms with E-state index in [9.17, 15) is 14.4 Å². The van der Waals surface area contributed by atoms with E-state index in [2.05, 4.69) is 99.1 Å². The van der Waals surface area contributed by atoms with E-state index in [4.69, 9.17) is 5.41 Å². The molecule has 0 bridgehead atoms. The summed E-state index contributed by atoms with van der Waals surface area (Å²) in [5, 5.41) is 15.6. The van der Waals surface area contributed by atoms with Crippen molar-refractivity contribution in [2.45, 2.75) is 78.2 Å². The average molecular weight is 671 g/mol.